The number of nitrogens with zero attached hydrogens (tertiary/aromatic N) is 3. The number of aromatic nitrogens is 4. The largest absolute Gasteiger partial charge is 0.462 e. The SMILES string of the molecule is CCOC(=O)c1ccc2c(c1)nc1nc(NCc3ccccc3Cl)[nH]n12. The third kappa shape index (κ3) is 2.97. The van der Waals surface area contributed by atoms with Gasteiger partial charge in [-0.15, -0.1) is 0 Å². The van der Waals surface area contributed by atoms with Gasteiger partial charge in [-0.1, -0.05) is 29.8 Å². The Morgan fingerprint density at radius 2 is 2.12 bits per heavy atom. The van der Waals surface area contributed by atoms with Crippen LogP contribution in [0.15, 0.2) is 42.5 Å². The molecule has 132 valence electrons. The lowest BCUT2D eigenvalue weighted by atomic mass is 10.2. The summed E-state index contributed by atoms with van der Waals surface area (Å²) in [6.07, 6.45) is 0. The fourth-order valence-corrected chi connectivity index (χ4v) is 2.93. The second-order valence-electron chi connectivity index (χ2n) is 5.69. The highest BCUT2D eigenvalue weighted by molar-refractivity contribution is 6.31. The van der Waals surface area contributed by atoms with E-state index in [1.807, 2.05) is 30.3 Å². The summed E-state index contributed by atoms with van der Waals surface area (Å²) in [6.45, 7) is 2.65. The number of hydrogen-bond acceptors (Lipinski definition) is 5. The predicted octanol–water partition coefficient (Wildman–Crippen LogP) is 3.65. The van der Waals surface area contributed by atoms with Gasteiger partial charge in [0.1, 0.15) is 0 Å². The Balaban J connectivity index is 1.60. The van der Waals surface area contributed by atoms with E-state index in [2.05, 4.69) is 20.4 Å². The molecular formula is C18H16ClN5O2. The highest BCUT2D eigenvalue weighted by Crippen LogP contribution is 2.20. The molecule has 4 aromatic rings. The maximum absolute atomic E-state index is 11.8. The highest BCUT2D eigenvalue weighted by atomic mass is 35.5. The number of rotatable bonds is 5. The Morgan fingerprint density at radius 3 is 2.92 bits per heavy atom. The molecule has 0 spiro atoms. The van der Waals surface area contributed by atoms with E-state index in [0.717, 1.165) is 11.1 Å². The van der Waals surface area contributed by atoms with E-state index in [9.17, 15) is 4.79 Å². The molecule has 0 bridgehead atoms. The van der Waals surface area contributed by atoms with Crippen LogP contribution in [-0.4, -0.2) is 32.2 Å². The number of halogens is 1. The van der Waals surface area contributed by atoms with Crippen LogP contribution in [0.4, 0.5) is 5.95 Å². The smallest absolute Gasteiger partial charge is 0.338 e. The van der Waals surface area contributed by atoms with Crippen molar-refractivity contribution in [3.05, 3.63) is 58.6 Å². The number of fused-ring (bicyclic) bond motifs is 3. The molecular weight excluding hydrogens is 354 g/mol. The molecule has 0 saturated carbocycles. The molecule has 0 radical (unpaired) electrons. The van der Waals surface area contributed by atoms with Crippen molar-refractivity contribution in [2.24, 2.45) is 0 Å². The number of carbonyl (C=O) groups excluding carboxylic acids is 1. The number of hydrogen-bond donors (Lipinski definition) is 2. The van der Waals surface area contributed by atoms with Gasteiger partial charge in [0.05, 0.1) is 23.2 Å². The lowest BCUT2D eigenvalue weighted by molar-refractivity contribution is 0.0526. The predicted molar refractivity (Wildman–Crippen MR) is 99.6 cm³/mol. The second-order valence-corrected chi connectivity index (χ2v) is 6.10. The molecule has 0 aliphatic rings. The molecule has 8 heteroatoms. The van der Waals surface area contributed by atoms with Crippen molar-refractivity contribution in [3.8, 4) is 0 Å². The van der Waals surface area contributed by atoms with Gasteiger partial charge < -0.3 is 10.1 Å². The van der Waals surface area contributed by atoms with Crippen molar-refractivity contribution in [2.45, 2.75) is 13.5 Å². The molecule has 0 saturated heterocycles. The molecule has 26 heavy (non-hydrogen) atoms. The molecule has 7 nitrogen and oxygen atoms in total. The third-order valence-electron chi connectivity index (χ3n) is 3.98. The zero-order valence-electron chi connectivity index (χ0n) is 14.0. The molecule has 2 heterocycles. The summed E-state index contributed by atoms with van der Waals surface area (Å²) in [4.78, 5) is 20.7. The zero-order valence-corrected chi connectivity index (χ0v) is 14.7. The maximum atomic E-state index is 11.8. The van der Waals surface area contributed by atoms with Crippen molar-refractivity contribution >= 4 is 40.3 Å². The van der Waals surface area contributed by atoms with Gasteiger partial charge >= 0.3 is 5.97 Å². The van der Waals surface area contributed by atoms with Gasteiger partial charge in [-0.2, -0.15) is 4.98 Å². The maximum Gasteiger partial charge on any atom is 0.338 e. The summed E-state index contributed by atoms with van der Waals surface area (Å²) in [5.74, 6) is 0.743. The fraction of sp³-hybridized carbons (Fsp3) is 0.167. The summed E-state index contributed by atoms with van der Waals surface area (Å²) >= 11 is 6.16. The van der Waals surface area contributed by atoms with E-state index < -0.39 is 0 Å². The normalized spacial score (nSPS) is 11.2. The molecule has 2 N–H and O–H groups in total. The number of esters is 1. The number of ether oxygens (including phenoxy) is 1. The second kappa shape index (κ2) is 6.68. The van der Waals surface area contributed by atoms with E-state index in [0.29, 0.717) is 41.0 Å². The van der Waals surface area contributed by atoms with Crippen molar-refractivity contribution in [1.82, 2.24) is 19.6 Å². The van der Waals surface area contributed by atoms with Crippen LogP contribution in [0.5, 0.6) is 0 Å². The van der Waals surface area contributed by atoms with Gasteiger partial charge in [0, 0.05) is 11.6 Å². The summed E-state index contributed by atoms with van der Waals surface area (Å²) in [7, 11) is 0. The lowest BCUT2D eigenvalue weighted by Crippen LogP contribution is -2.04. The molecule has 0 aliphatic carbocycles. The first-order chi connectivity index (χ1) is 12.7. The number of aromatic amines is 1. The van der Waals surface area contributed by atoms with Crippen molar-refractivity contribution in [1.29, 1.82) is 0 Å². The molecule has 4 rings (SSSR count). The topological polar surface area (TPSA) is 84.3 Å². The minimum Gasteiger partial charge on any atom is -0.462 e. The van der Waals surface area contributed by atoms with Crippen LogP contribution < -0.4 is 5.32 Å². The lowest BCUT2D eigenvalue weighted by Gasteiger charge is -2.04. The number of carbonyl (C=O) groups is 1. The molecule has 0 unspecified atom stereocenters. The van der Waals surface area contributed by atoms with E-state index in [1.165, 1.54) is 0 Å². The molecule has 0 amide bonds. The first kappa shape index (κ1) is 16.4. The first-order valence-corrected chi connectivity index (χ1v) is 8.56. The zero-order chi connectivity index (χ0) is 18.1. The number of anilines is 1. The van der Waals surface area contributed by atoms with Crippen LogP contribution in [0.25, 0.3) is 16.8 Å². The van der Waals surface area contributed by atoms with Gasteiger partial charge in [0.25, 0.3) is 5.78 Å². The molecule has 2 aromatic heterocycles. The summed E-state index contributed by atoms with van der Waals surface area (Å²) in [6, 6.07) is 12.9. The van der Waals surface area contributed by atoms with Gasteiger partial charge in [-0.25, -0.2) is 14.3 Å². The van der Waals surface area contributed by atoms with Crippen LogP contribution in [-0.2, 0) is 11.3 Å². The van der Waals surface area contributed by atoms with Crippen LogP contribution in [0.1, 0.15) is 22.8 Å². The Bertz CT molecular complexity index is 1100. The van der Waals surface area contributed by atoms with E-state index >= 15 is 0 Å². The van der Waals surface area contributed by atoms with Crippen LogP contribution in [0.2, 0.25) is 5.02 Å². The van der Waals surface area contributed by atoms with Crippen molar-refractivity contribution in [2.75, 3.05) is 11.9 Å². The van der Waals surface area contributed by atoms with E-state index in [1.54, 1.807) is 23.6 Å². The minimum absolute atomic E-state index is 0.336. The van der Waals surface area contributed by atoms with Gasteiger partial charge in [0.15, 0.2) is 0 Å². The average molecular weight is 370 g/mol. The van der Waals surface area contributed by atoms with Gasteiger partial charge in [0.2, 0.25) is 5.95 Å². The summed E-state index contributed by atoms with van der Waals surface area (Å²) in [5, 5.41) is 7.06. The number of benzene rings is 2. The summed E-state index contributed by atoms with van der Waals surface area (Å²) < 4.78 is 6.78. The monoisotopic (exact) mass is 369 g/mol. The van der Waals surface area contributed by atoms with Crippen molar-refractivity contribution < 1.29 is 9.53 Å². The van der Waals surface area contributed by atoms with E-state index in [-0.39, 0.29) is 5.97 Å². The number of nitrogens with one attached hydrogen (secondary N) is 2. The molecule has 0 fully saturated rings. The summed E-state index contributed by atoms with van der Waals surface area (Å²) in [5.41, 5.74) is 2.95. The fourth-order valence-electron chi connectivity index (χ4n) is 2.72. The Hall–Kier alpha value is -3.06. The van der Waals surface area contributed by atoms with Crippen LogP contribution in [0, 0.1) is 0 Å². The van der Waals surface area contributed by atoms with Crippen molar-refractivity contribution in [3.63, 3.8) is 0 Å². The number of H-pyrrole nitrogens is 1. The third-order valence-corrected chi connectivity index (χ3v) is 4.35. The van der Waals surface area contributed by atoms with Crippen LogP contribution in [0.3, 0.4) is 0 Å². The standard InChI is InChI=1S/C18H16ClN5O2/c1-2-26-16(25)11-7-8-15-14(9-11)21-18-22-17(23-24(15)18)20-10-12-5-3-4-6-13(12)19/h3-9H,2,10H2,1H3,(H2,20,21,22,23). The molecule has 2 aromatic carbocycles. The molecule has 0 aliphatic heterocycles. The van der Waals surface area contributed by atoms with Gasteiger partial charge in [-0.3, -0.25) is 5.10 Å². The Morgan fingerprint density at radius 1 is 1.27 bits per heavy atom. The van der Waals surface area contributed by atoms with E-state index in [4.69, 9.17) is 16.3 Å². The first-order valence-electron chi connectivity index (χ1n) is 8.18. The average Bonchev–Trinajstić information content (AvgIpc) is 3.18. The minimum atomic E-state index is -0.360. The number of imidazole rings is 1. The molecule has 0 atom stereocenters. The highest BCUT2D eigenvalue weighted by Gasteiger charge is 2.13. The Labute approximate surface area is 153 Å². The van der Waals surface area contributed by atoms with Crippen LogP contribution >= 0.6 is 11.6 Å². The Kier molecular flexibility index (Phi) is 4.22. The quantitative estimate of drug-likeness (QED) is 0.524. The van der Waals surface area contributed by atoms with Gasteiger partial charge in [-0.05, 0) is 36.8 Å².